The molecule has 0 aliphatic heterocycles. The summed E-state index contributed by atoms with van der Waals surface area (Å²) >= 11 is 9.28. The van der Waals surface area contributed by atoms with Gasteiger partial charge in [-0.2, -0.15) is 4.80 Å². The van der Waals surface area contributed by atoms with Crippen LogP contribution in [0, 0.1) is 0 Å². The standard InChI is InChI=1S/C12H13BrClN5O/c1-2-3-6-19-17-12(16-18-19)15-11(20)9-7-8(13)4-5-10(9)14/h4-5,7H,2-3,6H2,1H3,(H,15,17,20). The maximum atomic E-state index is 12.1. The Bertz CT molecular complexity index is 616. The normalized spacial score (nSPS) is 10.6. The van der Waals surface area contributed by atoms with E-state index in [0.29, 0.717) is 17.1 Å². The summed E-state index contributed by atoms with van der Waals surface area (Å²) in [6.45, 7) is 2.76. The van der Waals surface area contributed by atoms with Gasteiger partial charge in [-0.05, 0) is 29.8 Å². The van der Waals surface area contributed by atoms with Gasteiger partial charge in [-0.25, -0.2) is 0 Å². The molecule has 106 valence electrons. The molecule has 8 heteroatoms. The van der Waals surface area contributed by atoms with E-state index in [1.54, 1.807) is 18.2 Å². The lowest BCUT2D eigenvalue weighted by Gasteiger charge is -2.03. The molecule has 1 N–H and O–H groups in total. The van der Waals surface area contributed by atoms with Crippen molar-refractivity contribution in [3.05, 3.63) is 33.3 Å². The number of aromatic nitrogens is 4. The Kier molecular flexibility index (Phi) is 5.08. The Labute approximate surface area is 129 Å². The third-order valence-electron chi connectivity index (χ3n) is 2.56. The Balaban J connectivity index is 2.07. The highest BCUT2D eigenvalue weighted by atomic mass is 79.9. The predicted molar refractivity (Wildman–Crippen MR) is 79.8 cm³/mol. The van der Waals surface area contributed by atoms with E-state index in [4.69, 9.17) is 11.6 Å². The van der Waals surface area contributed by atoms with Gasteiger partial charge < -0.3 is 0 Å². The first-order valence-corrected chi connectivity index (χ1v) is 7.31. The number of unbranched alkanes of at least 4 members (excludes halogenated alkanes) is 1. The fourth-order valence-electron chi connectivity index (χ4n) is 1.53. The summed E-state index contributed by atoms with van der Waals surface area (Å²) < 4.78 is 0.770. The summed E-state index contributed by atoms with van der Waals surface area (Å²) in [5, 5.41) is 14.7. The van der Waals surface area contributed by atoms with Crippen LogP contribution in [-0.4, -0.2) is 26.1 Å². The fourth-order valence-corrected chi connectivity index (χ4v) is 2.09. The van der Waals surface area contributed by atoms with Gasteiger partial charge in [0.1, 0.15) is 0 Å². The second kappa shape index (κ2) is 6.81. The highest BCUT2D eigenvalue weighted by Gasteiger charge is 2.13. The first-order valence-electron chi connectivity index (χ1n) is 6.14. The quantitative estimate of drug-likeness (QED) is 0.891. The van der Waals surface area contributed by atoms with Crippen LogP contribution in [0.15, 0.2) is 22.7 Å². The number of benzene rings is 1. The van der Waals surface area contributed by atoms with E-state index in [1.807, 2.05) is 0 Å². The number of amides is 1. The van der Waals surface area contributed by atoms with Crippen LogP contribution in [0.25, 0.3) is 0 Å². The summed E-state index contributed by atoms with van der Waals surface area (Å²) in [4.78, 5) is 13.5. The molecule has 1 heterocycles. The molecule has 0 atom stereocenters. The first-order chi connectivity index (χ1) is 9.60. The zero-order valence-corrected chi connectivity index (χ0v) is 13.1. The van der Waals surface area contributed by atoms with Gasteiger partial charge in [0.2, 0.25) is 0 Å². The summed E-state index contributed by atoms with van der Waals surface area (Å²) in [5.41, 5.74) is 0.353. The molecule has 0 fully saturated rings. The molecule has 20 heavy (non-hydrogen) atoms. The smallest absolute Gasteiger partial charge is 0.270 e. The number of hydrogen-bond acceptors (Lipinski definition) is 4. The van der Waals surface area contributed by atoms with Crippen molar-refractivity contribution >= 4 is 39.4 Å². The fraction of sp³-hybridized carbons (Fsp3) is 0.333. The maximum Gasteiger partial charge on any atom is 0.270 e. The van der Waals surface area contributed by atoms with Gasteiger partial charge in [-0.3, -0.25) is 10.1 Å². The van der Waals surface area contributed by atoms with Gasteiger partial charge in [-0.1, -0.05) is 46.0 Å². The van der Waals surface area contributed by atoms with E-state index in [1.165, 1.54) is 4.80 Å². The number of anilines is 1. The van der Waals surface area contributed by atoms with Crippen LogP contribution in [-0.2, 0) is 6.54 Å². The van der Waals surface area contributed by atoms with Crippen LogP contribution in [0.5, 0.6) is 0 Å². The largest absolute Gasteiger partial charge is 0.288 e. The summed E-state index contributed by atoms with van der Waals surface area (Å²) in [5.74, 6) is -0.200. The van der Waals surface area contributed by atoms with Crippen molar-refractivity contribution in [3.63, 3.8) is 0 Å². The Morgan fingerprint density at radius 2 is 2.30 bits per heavy atom. The molecule has 0 aliphatic rings. The third kappa shape index (κ3) is 3.77. The van der Waals surface area contributed by atoms with Crippen LogP contribution >= 0.6 is 27.5 Å². The van der Waals surface area contributed by atoms with E-state index in [0.717, 1.165) is 17.3 Å². The number of carbonyl (C=O) groups excluding carboxylic acids is 1. The molecule has 0 saturated carbocycles. The summed E-state index contributed by atoms with van der Waals surface area (Å²) in [6, 6.07) is 5.05. The number of tetrazole rings is 1. The first kappa shape index (κ1) is 14.9. The van der Waals surface area contributed by atoms with Crippen LogP contribution in [0.4, 0.5) is 5.95 Å². The number of aryl methyl sites for hydroxylation is 1. The van der Waals surface area contributed by atoms with Gasteiger partial charge in [0.05, 0.1) is 17.1 Å². The van der Waals surface area contributed by atoms with Gasteiger partial charge in [-0.15, -0.1) is 5.10 Å². The Hall–Kier alpha value is -1.47. The van der Waals surface area contributed by atoms with Crippen molar-refractivity contribution in [1.82, 2.24) is 20.2 Å². The molecule has 0 aliphatic carbocycles. The molecule has 1 aromatic heterocycles. The van der Waals surface area contributed by atoms with Crippen molar-refractivity contribution in [2.45, 2.75) is 26.3 Å². The van der Waals surface area contributed by atoms with Crippen molar-refractivity contribution in [2.75, 3.05) is 5.32 Å². The molecule has 0 spiro atoms. The molecule has 0 bridgehead atoms. The topological polar surface area (TPSA) is 72.7 Å². The van der Waals surface area contributed by atoms with Crippen molar-refractivity contribution in [3.8, 4) is 0 Å². The number of hydrogen-bond donors (Lipinski definition) is 1. The molecule has 0 saturated heterocycles. The molecular formula is C12H13BrClN5O. The minimum atomic E-state index is -0.369. The average Bonchev–Trinajstić information content (AvgIpc) is 2.86. The van der Waals surface area contributed by atoms with Crippen LogP contribution in [0.2, 0.25) is 5.02 Å². The Morgan fingerprint density at radius 3 is 3.05 bits per heavy atom. The lowest BCUT2D eigenvalue weighted by atomic mass is 10.2. The Morgan fingerprint density at radius 1 is 1.50 bits per heavy atom. The van der Waals surface area contributed by atoms with Gasteiger partial charge in [0, 0.05) is 4.47 Å². The maximum absolute atomic E-state index is 12.1. The number of nitrogens with zero attached hydrogens (tertiary/aromatic N) is 4. The van der Waals surface area contributed by atoms with E-state index in [-0.39, 0.29) is 11.9 Å². The highest BCUT2D eigenvalue weighted by Crippen LogP contribution is 2.21. The zero-order chi connectivity index (χ0) is 14.5. The number of rotatable bonds is 5. The van der Waals surface area contributed by atoms with Crippen molar-refractivity contribution in [1.29, 1.82) is 0 Å². The van der Waals surface area contributed by atoms with Crippen LogP contribution < -0.4 is 5.32 Å². The lowest BCUT2D eigenvalue weighted by molar-refractivity contribution is 0.102. The van der Waals surface area contributed by atoms with E-state index in [2.05, 4.69) is 43.6 Å². The minimum Gasteiger partial charge on any atom is -0.288 e. The molecular weight excluding hydrogens is 346 g/mol. The molecule has 2 aromatic rings. The van der Waals surface area contributed by atoms with Crippen LogP contribution in [0.3, 0.4) is 0 Å². The third-order valence-corrected chi connectivity index (χ3v) is 3.39. The number of carbonyl (C=O) groups is 1. The van der Waals surface area contributed by atoms with E-state index in [9.17, 15) is 4.79 Å². The van der Waals surface area contributed by atoms with E-state index >= 15 is 0 Å². The minimum absolute atomic E-state index is 0.169. The summed E-state index contributed by atoms with van der Waals surface area (Å²) in [7, 11) is 0. The second-order valence-electron chi connectivity index (χ2n) is 4.14. The molecule has 0 radical (unpaired) electrons. The number of nitrogens with one attached hydrogen (secondary N) is 1. The van der Waals surface area contributed by atoms with Gasteiger partial charge in [0.15, 0.2) is 0 Å². The average molecular weight is 359 g/mol. The van der Waals surface area contributed by atoms with Crippen molar-refractivity contribution in [2.24, 2.45) is 0 Å². The molecule has 0 unspecified atom stereocenters. The summed E-state index contributed by atoms with van der Waals surface area (Å²) in [6.07, 6.45) is 2.00. The zero-order valence-electron chi connectivity index (χ0n) is 10.8. The van der Waals surface area contributed by atoms with Crippen LogP contribution in [0.1, 0.15) is 30.1 Å². The number of halogens is 2. The molecule has 1 amide bonds. The van der Waals surface area contributed by atoms with Crippen molar-refractivity contribution < 1.29 is 4.79 Å². The van der Waals surface area contributed by atoms with E-state index < -0.39 is 0 Å². The SMILES string of the molecule is CCCCn1nnc(NC(=O)c2cc(Br)ccc2Cl)n1. The predicted octanol–water partition coefficient (Wildman–Crippen LogP) is 3.14. The molecule has 1 aromatic carbocycles. The molecule has 6 nitrogen and oxygen atoms in total. The highest BCUT2D eigenvalue weighted by molar-refractivity contribution is 9.10. The van der Waals surface area contributed by atoms with Gasteiger partial charge in [0.25, 0.3) is 11.9 Å². The monoisotopic (exact) mass is 357 g/mol. The molecule has 2 rings (SSSR count). The van der Waals surface area contributed by atoms with Gasteiger partial charge >= 0.3 is 0 Å². The lowest BCUT2D eigenvalue weighted by Crippen LogP contribution is -2.14. The second-order valence-corrected chi connectivity index (χ2v) is 5.46.